The van der Waals surface area contributed by atoms with Gasteiger partial charge in [-0.3, -0.25) is 4.99 Å². The van der Waals surface area contributed by atoms with Crippen molar-refractivity contribution < 1.29 is 9.47 Å². The van der Waals surface area contributed by atoms with Crippen LogP contribution in [0.4, 0.5) is 0 Å². The number of hydrogen-bond acceptors (Lipinski definition) is 4. The molecule has 1 aliphatic heterocycles. The summed E-state index contributed by atoms with van der Waals surface area (Å²) in [4.78, 5) is 9.21. The number of methoxy groups -OCH3 is 2. The quantitative estimate of drug-likeness (QED) is 0.660. The van der Waals surface area contributed by atoms with Crippen LogP contribution < -0.4 is 9.47 Å². The van der Waals surface area contributed by atoms with Crippen LogP contribution >= 0.6 is 11.6 Å². The Kier molecular flexibility index (Phi) is 4.06. The summed E-state index contributed by atoms with van der Waals surface area (Å²) in [6.07, 6.45) is 0.871. The molecule has 0 saturated carbocycles. The highest BCUT2D eigenvalue weighted by Gasteiger charge is 2.21. The highest BCUT2D eigenvalue weighted by Crippen LogP contribution is 2.35. The molecule has 2 aromatic carbocycles. The average molecular weight is 353 g/mol. The number of aromatic nitrogens is 1. The Hall–Kier alpha value is -2.59. The van der Waals surface area contributed by atoms with Crippen LogP contribution in [0, 0.1) is 0 Å². The highest BCUT2D eigenvalue weighted by atomic mass is 35.5. The zero-order chi connectivity index (χ0) is 17.4. The van der Waals surface area contributed by atoms with Crippen LogP contribution in [0.3, 0.4) is 0 Å². The van der Waals surface area contributed by atoms with Gasteiger partial charge >= 0.3 is 0 Å². The average Bonchev–Trinajstić information content (AvgIpc) is 2.65. The Balaban J connectivity index is 1.96. The molecule has 3 aromatic rings. The van der Waals surface area contributed by atoms with Gasteiger partial charge in [-0.2, -0.15) is 0 Å². The van der Waals surface area contributed by atoms with Crippen molar-refractivity contribution in [2.24, 2.45) is 4.99 Å². The van der Waals surface area contributed by atoms with Crippen molar-refractivity contribution in [3.8, 4) is 11.5 Å². The van der Waals surface area contributed by atoms with Gasteiger partial charge in [0.15, 0.2) is 11.5 Å². The van der Waals surface area contributed by atoms with Crippen LogP contribution in [0.5, 0.6) is 11.5 Å². The van der Waals surface area contributed by atoms with Crippen molar-refractivity contribution in [2.75, 3.05) is 20.8 Å². The Morgan fingerprint density at radius 3 is 2.52 bits per heavy atom. The van der Waals surface area contributed by atoms with Gasteiger partial charge in [0.1, 0.15) is 5.15 Å². The Morgan fingerprint density at radius 2 is 1.72 bits per heavy atom. The molecule has 25 heavy (non-hydrogen) atoms. The second-order valence-electron chi connectivity index (χ2n) is 5.85. The fourth-order valence-corrected chi connectivity index (χ4v) is 3.49. The Labute approximate surface area is 151 Å². The molecule has 4 nitrogen and oxygen atoms in total. The number of nitrogens with zero attached hydrogens (tertiary/aromatic N) is 2. The van der Waals surface area contributed by atoms with Gasteiger partial charge in [-0.25, -0.2) is 4.98 Å². The smallest absolute Gasteiger partial charge is 0.161 e. The number of pyridine rings is 1. The summed E-state index contributed by atoms with van der Waals surface area (Å²) in [5.74, 6) is 1.43. The van der Waals surface area contributed by atoms with Crippen LogP contribution in [-0.4, -0.2) is 31.5 Å². The number of aliphatic imine (C=N–C) groups is 1. The molecule has 0 bridgehead atoms. The van der Waals surface area contributed by atoms with E-state index in [1.165, 1.54) is 5.56 Å². The van der Waals surface area contributed by atoms with E-state index in [0.717, 1.165) is 46.5 Å². The number of para-hydroxylation sites is 1. The number of halogens is 1. The van der Waals surface area contributed by atoms with Crippen LogP contribution in [-0.2, 0) is 6.42 Å². The van der Waals surface area contributed by atoms with E-state index in [1.54, 1.807) is 14.2 Å². The number of benzene rings is 2. The summed E-state index contributed by atoms with van der Waals surface area (Å²) in [5, 5.41) is 1.50. The molecular weight excluding hydrogens is 336 g/mol. The molecule has 0 fully saturated rings. The molecule has 1 aromatic heterocycles. The van der Waals surface area contributed by atoms with Gasteiger partial charge in [-0.1, -0.05) is 29.8 Å². The van der Waals surface area contributed by atoms with E-state index in [-0.39, 0.29) is 0 Å². The first kappa shape index (κ1) is 15.9. The van der Waals surface area contributed by atoms with Gasteiger partial charge < -0.3 is 9.47 Å². The minimum absolute atomic E-state index is 0.462. The van der Waals surface area contributed by atoms with Crippen LogP contribution in [0.15, 0.2) is 47.5 Å². The maximum absolute atomic E-state index is 6.27. The molecule has 0 amide bonds. The highest BCUT2D eigenvalue weighted by molar-refractivity contribution is 6.31. The lowest BCUT2D eigenvalue weighted by atomic mass is 9.91. The van der Waals surface area contributed by atoms with Gasteiger partial charge in [0.2, 0.25) is 0 Å². The van der Waals surface area contributed by atoms with E-state index in [4.69, 9.17) is 26.1 Å². The number of fused-ring (bicyclic) bond motifs is 2. The zero-order valence-electron chi connectivity index (χ0n) is 14.0. The molecule has 1 aliphatic rings. The number of rotatable bonds is 3. The fourth-order valence-electron chi connectivity index (χ4n) is 3.29. The predicted molar refractivity (Wildman–Crippen MR) is 101 cm³/mol. The summed E-state index contributed by atoms with van der Waals surface area (Å²) >= 11 is 6.27. The minimum Gasteiger partial charge on any atom is -0.493 e. The van der Waals surface area contributed by atoms with Crippen LogP contribution in [0.1, 0.15) is 16.7 Å². The lowest BCUT2D eigenvalue weighted by Gasteiger charge is -2.21. The monoisotopic (exact) mass is 352 g/mol. The van der Waals surface area contributed by atoms with Crippen molar-refractivity contribution >= 4 is 28.2 Å². The van der Waals surface area contributed by atoms with E-state index in [0.29, 0.717) is 10.9 Å². The maximum Gasteiger partial charge on any atom is 0.161 e. The lowest BCUT2D eigenvalue weighted by molar-refractivity contribution is 0.354. The zero-order valence-corrected chi connectivity index (χ0v) is 14.8. The third-order valence-corrected chi connectivity index (χ3v) is 4.65. The number of ether oxygens (including phenoxy) is 2. The van der Waals surface area contributed by atoms with E-state index in [2.05, 4.69) is 4.98 Å². The van der Waals surface area contributed by atoms with Gasteiger partial charge in [0.05, 0.1) is 25.4 Å². The van der Waals surface area contributed by atoms with Crippen molar-refractivity contribution in [1.82, 2.24) is 4.98 Å². The standard InChI is InChI=1S/C20H17ClN2O2/c1-24-17-9-12-7-8-22-20(14(12)10-18(17)25-2)15-11-19(21)23-16-6-4-3-5-13(15)16/h3-6,9-11H,7-8H2,1-2H3. The summed E-state index contributed by atoms with van der Waals surface area (Å²) in [7, 11) is 3.29. The second kappa shape index (κ2) is 6.37. The van der Waals surface area contributed by atoms with E-state index in [1.807, 2.05) is 42.5 Å². The predicted octanol–water partition coefficient (Wildman–Crippen LogP) is 4.30. The summed E-state index contributed by atoms with van der Waals surface area (Å²) < 4.78 is 10.9. The molecule has 0 unspecified atom stereocenters. The largest absolute Gasteiger partial charge is 0.493 e. The first-order valence-corrected chi connectivity index (χ1v) is 8.44. The molecule has 0 radical (unpaired) electrons. The van der Waals surface area contributed by atoms with Gasteiger partial charge in [0, 0.05) is 23.1 Å². The lowest BCUT2D eigenvalue weighted by Crippen LogP contribution is -2.15. The Morgan fingerprint density at radius 1 is 0.960 bits per heavy atom. The van der Waals surface area contributed by atoms with E-state index in [9.17, 15) is 0 Å². The third-order valence-electron chi connectivity index (χ3n) is 4.46. The van der Waals surface area contributed by atoms with E-state index < -0.39 is 0 Å². The third kappa shape index (κ3) is 2.72. The fraction of sp³-hybridized carbons (Fsp3) is 0.200. The summed E-state index contributed by atoms with van der Waals surface area (Å²) in [5.41, 5.74) is 5.02. The van der Waals surface area contributed by atoms with Crippen molar-refractivity contribution in [3.05, 3.63) is 64.3 Å². The molecule has 126 valence electrons. The first-order chi connectivity index (χ1) is 12.2. The minimum atomic E-state index is 0.462. The SMILES string of the molecule is COc1cc2c(cc1OC)C(c1cc(Cl)nc3ccccc13)=NCC2. The molecule has 0 atom stereocenters. The van der Waals surface area contributed by atoms with Gasteiger partial charge in [-0.05, 0) is 36.2 Å². The van der Waals surface area contributed by atoms with Crippen molar-refractivity contribution in [2.45, 2.75) is 6.42 Å². The molecule has 2 heterocycles. The first-order valence-electron chi connectivity index (χ1n) is 8.06. The molecule has 0 N–H and O–H groups in total. The molecule has 0 aliphatic carbocycles. The summed E-state index contributed by atoms with van der Waals surface area (Å²) in [6, 6.07) is 13.9. The topological polar surface area (TPSA) is 43.7 Å². The molecule has 5 heteroatoms. The molecule has 0 saturated heterocycles. The van der Waals surface area contributed by atoms with Crippen molar-refractivity contribution in [3.63, 3.8) is 0 Å². The van der Waals surface area contributed by atoms with Crippen LogP contribution in [0.25, 0.3) is 10.9 Å². The number of hydrogen-bond donors (Lipinski definition) is 0. The van der Waals surface area contributed by atoms with Crippen molar-refractivity contribution in [1.29, 1.82) is 0 Å². The van der Waals surface area contributed by atoms with Gasteiger partial charge in [-0.15, -0.1) is 0 Å². The van der Waals surface area contributed by atoms with Gasteiger partial charge in [0.25, 0.3) is 0 Å². The second-order valence-corrected chi connectivity index (χ2v) is 6.24. The normalized spacial score (nSPS) is 13.3. The van der Waals surface area contributed by atoms with Crippen LogP contribution in [0.2, 0.25) is 5.15 Å². The molecular formula is C20H17ClN2O2. The Bertz CT molecular complexity index is 998. The van der Waals surface area contributed by atoms with E-state index >= 15 is 0 Å². The molecule has 4 rings (SSSR count). The summed E-state index contributed by atoms with van der Waals surface area (Å²) in [6.45, 7) is 0.728. The maximum atomic E-state index is 6.27. The molecule has 0 spiro atoms.